The number of phenols is 1. The van der Waals surface area contributed by atoms with Crippen molar-refractivity contribution in [3.05, 3.63) is 41.2 Å². The summed E-state index contributed by atoms with van der Waals surface area (Å²) in [5.74, 6) is 2.21. The summed E-state index contributed by atoms with van der Waals surface area (Å²) >= 11 is 0. The van der Waals surface area contributed by atoms with Gasteiger partial charge in [-0.3, -0.25) is 4.90 Å². The molecule has 1 saturated heterocycles. The molecule has 3 heterocycles. The molecule has 128 valence electrons. The van der Waals surface area contributed by atoms with Crippen molar-refractivity contribution in [1.29, 1.82) is 0 Å². The predicted octanol–water partition coefficient (Wildman–Crippen LogP) is 1.61. The lowest BCUT2D eigenvalue weighted by molar-refractivity contribution is 0.199. The van der Waals surface area contributed by atoms with E-state index in [0.717, 1.165) is 68.8 Å². The maximum atomic E-state index is 13.4. The molecule has 0 bridgehead atoms. The summed E-state index contributed by atoms with van der Waals surface area (Å²) in [5, 5.41) is 21.6. The van der Waals surface area contributed by atoms with Crippen molar-refractivity contribution in [2.75, 3.05) is 19.6 Å². The van der Waals surface area contributed by atoms with Crippen LogP contribution < -0.4 is 5.32 Å². The molecule has 0 aliphatic carbocycles. The summed E-state index contributed by atoms with van der Waals surface area (Å²) in [6.07, 6.45) is 2.07. The smallest absolute Gasteiger partial charge is 0.147 e. The standard InChI is InChI=1S/C17H22FN5O/c18-14-7-12(8-15(24)9-14)11-22-4-1-13(2-5-22)17-21-20-16-10-19-3-6-23(16)17/h7-9,13,19,24H,1-6,10-11H2. The number of hydrogen-bond donors (Lipinski definition) is 2. The van der Waals surface area contributed by atoms with Crippen LogP contribution in [0.5, 0.6) is 5.75 Å². The SMILES string of the molecule is Oc1cc(F)cc(CN2CCC(c3nnc4n3CCNC4)CC2)c1. The number of phenolic OH excluding ortho intramolecular Hbond substituents is 1. The number of fused-ring (bicyclic) bond motifs is 1. The molecule has 0 amide bonds. The number of nitrogens with one attached hydrogen (secondary N) is 1. The Balaban J connectivity index is 1.39. The van der Waals surface area contributed by atoms with E-state index in [-0.39, 0.29) is 11.6 Å². The fourth-order valence-electron chi connectivity index (χ4n) is 3.75. The fourth-order valence-corrected chi connectivity index (χ4v) is 3.75. The van der Waals surface area contributed by atoms with E-state index in [1.165, 1.54) is 6.07 Å². The second-order valence-electron chi connectivity index (χ2n) is 6.67. The minimum absolute atomic E-state index is 0.0106. The van der Waals surface area contributed by atoms with Crippen molar-refractivity contribution in [2.45, 2.75) is 38.4 Å². The highest BCUT2D eigenvalue weighted by atomic mass is 19.1. The summed E-state index contributed by atoms with van der Waals surface area (Å²) in [5.41, 5.74) is 0.817. The zero-order valence-corrected chi connectivity index (χ0v) is 13.6. The van der Waals surface area contributed by atoms with Gasteiger partial charge in [0, 0.05) is 31.6 Å². The lowest BCUT2D eigenvalue weighted by Crippen LogP contribution is -2.34. The van der Waals surface area contributed by atoms with Gasteiger partial charge in [0.2, 0.25) is 0 Å². The molecule has 1 aromatic heterocycles. The molecule has 0 unspecified atom stereocenters. The average Bonchev–Trinajstić information content (AvgIpc) is 2.99. The van der Waals surface area contributed by atoms with Gasteiger partial charge in [-0.2, -0.15) is 0 Å². The lowest BCUT2D eigenvalue weighted by atomic mass is 9.95. The van der Waals surface area contributed by atoms with Crippen molar-refractivity contribution in [3.8, 4) is 5.75 Å². The fraction of sp³-hybridized carbons (Fsp3) is 0.529. The highest BCUT2D eigenvalue weighted by Gasteiger charge is 2.27. The lowest BCUT2D eigenvalue weighted by Gasteiger charge is -2.32. The van der Waals surface area contributed by atoms with E-state index in [4.69, 9.17) is 0 Å². The Labute approximate surface area is 140 Å². The Morgan fingerprint density at radius 1 is 1.17 bits per heavy atom. The Morgan fingerprint density at radius 2 is 2.00 bits per heavy atom. The van der Waals surface area contributed by atoms with Crippen LogP contribution in [-0.2, 0) is 19.6 Å². The first-order chi connectivity index (χ1) is 11.7. The van der Waals surface area contributed by atoms with Crippen LogP contribution in [0, 0.1) is 5.82 Å². The van der Waals surface area contributed by atoms with Gasteiger partial charge in [-0.15, -0.1) is 10.2 Å². The molecular formula is C17H22FN5O. The largest absolute Gasteiger partial charge is 0.508 e. The zero-order valence-electron chi connectivity index (χ0n) is 13.6. The summed E-state index contributed by atoms with van der Waals surface area (Å²) in [6, 6.07) is 4.27. The number of nitrogens with zero attached hydrogens (tertiary/aromatic N) is 4. The first-order valence-corrected chi connectivity index (χ1v) is 8.52. The minimum atomic E-state index is -0.386. The summed E-state index contributed by atoms with van der Waals surface area (Å²) in [6.45, 7) is 5.28. The Bertz CT molecular complexity index is 704. The van der Waals surface area contributed by atoms with Gasteiger partial charge >= 0.3 is 0 Å². The van der Waals surface area contributed by atoms with Gasteiger partial charge < -0.3 is 15.0 Å². The van der Waals surface area contributed by atoms with Gasteiger partial charge in [-0.25, -0.2) is 4.39 Å². The topological polar surface area (TPSA) is 66.2 Å². The molecule has 2 aromatic rings. The molecule has 2 aliphatic rings. The average molecular weight is 331 g/mol. The Kier molecular flexibility index (Phi) is 4.20. The van der Waals surface area contributed by atoms with E-state index in [0.29, 0.717) is 12.5 Å². The third-order valence-corrected chi connectivity index (χ3v) is 4.95. The van der Waals surface area contributed by atoms with Crippen LogP contribution in [0.4, 0.5) is 4.39 Å². The molecule has 1 fully saturated rings. The Morgan fingerprint density at radius 3 is 2.79 bits per heavy atom. The highest BCUT2D eigenvalue weighted by Crippen LogP contribution is 2.29. The highest BCUT2D eigenvalue weighted by molar-refractivity contribution is 5.28. The number of piperidine rings is 1. The quantitative estimate of drug-likeness (QED) is 0.894. The molecular weight excluding hydrogens is 309 g/mol. The van der Waals surface area contributed by atoms with Crippen molar-refractivity contribution < 1.29 is 9.50 Å². The van der Waals surface area contributed by atoms with E-state index in [9.17, 15) is 9.50 Å². The van der Waals surface area contributed by atoms with Crippen molar-refractivity contribution in [1.82, 2.24) is 25.0 Å². The first-order valence-electron chi connectivity index (χ1n) is 8.52. The summed E-state index contributed by atoms with van der Waals surface area (Å²) in [4.78, 5) is 2.31. The number of hydrogen-bond acceptors (Lipinski definition) is 5. The number of aromatic hydroxyl groups is 1. The normalized spacial score (nSPS) is 19.4. The van der Waals surface area contributed by atoms with Gasteiger partial charge in [0.05, 0.1) is 6.54 Å². The molecule has 0 saturated carbocycles. The van der Waals surface area contributed by atoms with Crippen LogP contribution in [0.25, 0.3) is 0 Å². The maximum Gasteiger partial charge on any atom is 0.147 e. The predicted molar refractivity (Wildman–Crippen MR) is 87.0 cm³/mol. The molecule has 6 nitrogen and oxygen atoms in total. The number of likely N-dealkylation sites (tertiary alicyclic amines) is 1. The minimum Gasteiger partial charge on any atom is -0.508 e. The van der Waals surface area contributed by atoms with Crippen LogP contribution >= 0.6 is 0 Å². The number of halogens is 1. The first kappa shape index (κ1) is 15.5. The van der Waals surface area contributed by atoms with Crippen LogP contribution in [0.3, 0.4) is 0 Å². The molecule has 0 spiro atoms. The van der Waals surface area contributed by atoms with E-state index in [2.05, 4.69) is 25.0 Å². The monoisotopic (exact) mass is 331 g/mol. The van der Waals surface area contributed by atoms with E-state index >= 15 is 0 Å². The third kappa shape index (κ3) is 3.14. The van der Waals surface area contributed by atoms with Crippen molar-refractivity contribution in [2.24, 2.45) is 0 Å². The number of rotatable bonds is 3. The third-order valence-electron chi connectivity index (χ3n) is 4.95. The molecule has 0 atom stereocenters. The Hall–Kier alpha value is -1.99. The van der Waals surface area contributed by atoms with Gasteiger partial charge in [-0.05, 0) is 43.6 Å². The van der Waals surface area contributed by atoms with Gasteiger partial charge in [0.1, 0.15) is 23.2 Å². The number of aromatic nitrogens is 3. The molecule has 2 N–H and O–H groups in total. The van der Waals surface area contributed by atoms with Crippen molar-refractivity contribution in [3.63, 3.8) is 0 Å². The molecule has 0 radical (unpaired) electrons. The van der Waals surface area contributed by atoms with E-state index < -0.39 is 0 Å². The van der Waals surface area contributed by atoms with Crippen LogP contribution in [-0.4, -0.2) is 44.4 Å². The van der Waals surface area contributed by atoms with Crippen LogP contribution in [0.1, 0.15) is 36.0 Å². The van der Waals surface area contributed by atoms with E-state index in [1.54, 1.807) is 6.07 Å². The van der Waals surface area contributed by atoms with Gasteiger partial charge in [-0.1, -0.05) is 0 Å². The maximum absolute atomic E-state index is 13.4. The second kappa shape index (κ2) is 6.49. The molecule has 1 aromatic carbocycles. The van der Waals surface area contributed by atoms with Crippen LogP contribution in [0.2, 0.25) is 0 Å². The van der Waals surface area contributed by atoms with Crippen molar-refractivity contribution >= 4 is 0 Å². The van der Waals surface area contributed by atoms with Crippen LogP contribution in [0.15, 0.2) is 18.2 Å². The van der Waals surface area contributed by atoms with E-state index in [1.807, 2.05) is 0 Å². The van der Waals surface area contributed by atoms with Gasteiger partial charge in [0.15, 0.2) is 0 Å². The summed E-state index contributed by atoms with van der Waals surface area (Å²) < 4.78 is 15.7. The summed E-state index contributed by atoms with van der Waals surface area (Å²) in [7, 11) is 0. The number of benzene rings is 1. The molecule has 7 heteroatoms. The van der Waals surface area contributed by atoms with Gasteiger partial charge in [0.25, 0.3) is 0 Å². The zero-order chi connectivity index (χ0) is 16.5. The second-order valence-corrected chi connectivity index (χ2v) is 6.67. The molecule has 2 aliphatic heterocycles. The molecule has 4 rings (SSSR count). The molecule has 24 heavy (non-hydrogen) atoms.